The molecule has 2 heterocycles. The number of rotatable bonds is 8. The van der Waals surface area contributed by atoms with Gasteiger partial charge in [0.15, 0.2) is 5.69 Å². The Hall–Kier alpha value is -4.27. The van der Waals surface area contributed by atoms with E-state index >= 15 is 0 Å². The number of hydrogen-bond acceptors (Lipinski definition) is 13. The zero-order chi connectivity index (χ0) is 30.3. The van der Waals surface area contributed by atoms with E-state index in [0.29, 0.717) is 0 Å². The minimum atomic E-state index is -4.87. The molecule has 17 nitrogen and oxygen atoms in total. The highest BCUT2D eigenvalue weighted by molar-refractivity contribution is 7.86. The summed E-state index contributed by atoms with van der Waals surface area (Å²) < 4.78 is 66.3. The molecule has 0 unspecified atom stereocenters. The lowest BCUT2D eigenvalue weighted by atomic mass is 10.2. The lowest BCUT2D eigenvalue weighted by Crippen LogP contribution is -2.04. The van der Waals surface area contributed by atoms with Gasteiger partial charge < -0.3 is 15.5 Å². The number of aromatic carboxylic acids is 1. The van der Waals surface area contributed by atoms with Crippen molar-refractivity contribution in [1.29, 1.82) is 0 Å². The van der Waals surface area contributed by atoms with E-state index in [9.17, 15) is 40.9 Å². The van der Waals surface area contributed by atoms with Gasteiger partial charge >= 0.3 is 5.97 Å². The first-order valence-corrected chi connectivity index (χ1v) is 14.2. The highest BCUT2D eigenvalue weighted by atomic mass is 35.5. The van der Waals surface area contributed by atoms with Crippen molar-refractivity contribution in [3.05, 3.63) is 58.2 Å². The fourth-order valence-electron chi connectivity index (χ4n) is 3.34. The summed E-state index contributed by atoms with van der Waals surface area (Å²) in [5.41, 5.74) is -1.78. The summed E-state index contributed by atoms with van der Waals surface area (Å²) in [6, 6.07) is 6.39. The van der Waals surface area contributed by atoms with Gasteiger partial charge in [0.1, 0.15) is 10.6 Å². The summed E-state index contributed by atoms with van der Waals surface area (Å²) in [6.07, 6.45) is 0. The van der Waals surface area contributed by atoms with Crippen LogP contribution < -0.4 is 5.32 Å². The SMILES string of the molecule is Cc1cc(S(=O)(=O)O)ccc1-n1nc(C(=O)O)c(/N=N/c2cc(Nc3nc(Cl)nc(Cl)n3)ccc2S(=O)(=O)O)c1O. The number of nitrogens with zero attached hydrogens (tertiary/aromatic N) is 7. The Labute approximate surface area is 239 Å². The number of carboxylic acid groups (broad SMARTS) is 1. The molecule has 2 aromatic carbocycles. The number of carboxylic acids is 1. The number of benzene rings is 2. The summed E-state index contributed by atoms with van der Waals surface area (Å²) in [5.74, 6) is -2.67. The van der Waals surface area contributed by atoms with Gasteiger partial charge in [0.25, 0.3) is 20.2 Å². The number of halogens is 2. The predicted molar refractivity (Wildman–Crippen MR) is 140 cm³/mol. The quantitative estimate of drug-likeness (QED) is 0.135. The minimum Gasteiger partial charge on any atom is -0.492 e. The molecule has 0 radical (unpaired) electrons. The van der Waals surface area contributed by atoms with Crippen LogP contribution in [0.25, 0.3) is 5.69 Å². The van der Waals surface area contributed by atoms with Crippen LogP contribution in [-0.4, -0.2) is 66.9 Å². The van der Waals surface area contributed by atoms with Gasteiger partial charge in [-0.25, -0.2) is 4.79 Å². The van der Waals surface area contributed by atoms with E-state index in [1.807, 2.05) is 0 Å². The second-order valence-corrected chi connectivity index (χ2v) is 11.3. The smallest absolute Gasteiger partial charge is 0.358 e. The molecular weight excluding hydrogens is 631 g/mol. The minimum absolute atomic E-state index is 0.0124. The first-order chi connectivity index (χ1) is 19.0. The maximum Gasteiger partial charge on any atom is 0.358 e. The Morgan fingerprint density at radius 1 is 0.951 bits per heavy atom. The van der Waals surface area contributed by atoms with Crippen LogP contribution in [0.1, 0.15) is 16.1 Å². The Balaban J connectivity index is 1.81. The van der Waals surface area contributed by atoms with Crippen molar-refractivity contribution in [3.8, 4) is 11.6 Å². The zero-order valence-corrected chi connectivity index (χ0v) is 23.1. The summed E-state index contributed by atoms with van der Waals surface area (Å²) >= 11 is 11.5. The molecule has 0 aliphatic rings. The first-order valence-electron chi connectivity index (χ1n) is 10.6. The molecule has 0 atom stereocenters. The van der Waals surface area contributed by atoms with Crippen LogP contribution in [0.3, 0.4) is 0 Å². The van der Waals surface area contributed by atoms with Crippen LogP contribution in [0.5, 0.6) is 5.88 Å². The molecule has 4 aromatic rings. The molecular formula is C20H14Cl2N8O9S2. The Morgan fingerprint density at radius 3 is 2.17 bits per heavy atom. The third-order valence-electron chi connectivity index (χ3n) is 5.07. The summed E-state index contributed by atoms with van der Waals surface area (Å²) in [4.78, 5) is 21.8. The topological polar surface area (TPSA) is 260 Å². The van der Waals surface area contributed by atoms with E-state index in [2.05, 4.69) is 35.6 Å². The van der Waals surface area contributed by atoms with Gasteiger partial charge in [0.2, 0.25) is 28.1 Å². The van der Waals surface area contributed by atoms with Crippen LogP contribution in [0.4, 0.5) is 23.0 Å². The largest absolute Gasteiger partial charge is 0.492 e. The molecule has 0 bridgehead atoms. The number of carbonyl (C=O) groups is 1. The molecule has 0 saturated carbocycles. The lowest BCUT2D eigenvalue weighted by Gasteiger charge is -2.08. The zero-order valence-electron chi connectivity index (χ0n) is 20.0. The monoisotopic (exact) mass is 644 g/mol. The molecule has 0 spiro atoms. The fourth-order valence-corrected chi connectivity index (χ4v) is 4.87. The normalized spacial score (nSPS) is 12.1. The molecule has 0 amide bonds. The van der Waals surface area contributed by atoms with Crippen LogP contribution in [0, 0.1) is 6.92 Å². The number of aryl methyl sites for hydroxylation is 1. The number of hydrogen-bond donors (Lipinski definition) is 5. The molecule has 0 saturated heterocycles. The number of nitrogens with one attached hydrogen (secondary N) is 1. The predicted octanol–water partition coefficient (Wildman–Crippen LogP) is 3.73. The second-order valence-electron chi connectivity index (χ2n) is 7.84. The summed E-state index contributed by atoms with van der Waals surface area (Å²) in [7, 11) is -9.42. The van der Waals surface area contributed by atoms with E-state index in [-0.39, 0.29) is 33.5 Å². The van der Waals surface area contributed by atoms with Gasteiger partial charge in [-0.15, -0.1) is 10.2 Å². The van der Waals surface area contributed by atoms with E-state index in [4.69, 9.17) is 23.2 Å². The highest BCUT2D eigenvalue weighted by Gasteiger charge is 2.26. The first kappa shape index (κ1) is 29.7. The van der Waals surface area contributed by atoms with Crippen LogP contribution >= 0.6 is 23.2 Å². The van der Waals surface area contributed by atoms with Crippen molar-refractivity contribution in [2.75, 3.05) is 5.32 Å². The van der Waals surface area contributed by atoms with Crippen LogP contribution in [-0.2, 0) is 20.2 Å². The van der Waals surface area contributed by atoms with Gasteiger partial charge in [0.05, 0.1) is 10.6 Å². The lowest BCUT2D eigenvalue weighted by molar-refractivity contribution is 0.0690. The standard InChI is InChI=1S/C20H14Cl2N8O9S2/c1-8-6-10(40(34,35)36)3-4-12(8)30-16(31)14(15(29-30)17(32)33)28-27-11-7-9(2-5-13(11)41(37,38)39)23-20-25-18(21)24-19(22)26-20/h2-7,31H,1H3,(H,32,33)(H,34,35,36)(H,37,38,39)(H,23,24,25,26)/b28-27+. The molecule has 5 N–H and O–H groups in total. The Morgan fingerprint density at radius 2 is 1.61 bits per heavy atom. The van der Waals surface area contributed by atoms with Gasteiger partial charge in [-0.3, -0.25) is 9.11 Å². The third-order valence-corrected chi connectivity index (χ3v) is 7.15. The van der Waals surface area contributed by atoms with Gasteiger partial charge in [-0.2, -0.15) is 41.6 Å². The molecule has 2 aromatic heterocycles. The van der Waals surface area contributed by atoms with Crippen LogP contribution in [0.2, 0.25) is 10.6 Å². The molecule has 21 heteroatoms. The third kappa shape index (κ3) is 6.56. The van der Waals surface area contributed by atoms with Crippen molar-refractivity contribution in [2.45, 2.75) is 16.7 Å². The van der Waals surface area contributed by atoms with E-state index in [1.54, 1.807) is 0 Å². The maximum atomic E-state index is 11.9. The van der Waals surface area contributed by atoms with Gasteiger partial charge in [-0.1, -0.05) is 0 Å². The summed E-state index contributed by atoms with van der Waals surface area (Å²) in [5, 5.41) is 33.7. The summed E-state index contributed by atoms with van der Waals surface area (Å²) in [6.45, 7) is 1.40. The molecule has 0 aliphatic carbocycles. The molecule has 4 rings (SSSR count). The molecule has 41 heavy (non-hydrogen) atoms. The number of aromatic hydroxyl groups is 1. The Kier molecular flexibility index (Phi) is 7.94. The molecule has 0 fully saturated rings. The number of aromatic nitrogens is 5. The van der Waals surface area contributed by atoms with Gasteiger partial charge in [0, 0.05) is 5.69 Å². The van der Waals surface area contributed by atoms with Crippen molar-refractivity contribution in [1.82, 2.24) is 24.7 Å². The number of anilines is 2. The number of azo groups is 1. The van der Waals surface area contributed by atoms with Gasteiger partial charge in [-0.05, 0) is 72.1 Å². The van der Waals surface area contributed by atoms with Crippen molar-refractivity contribution < 1.29 is 40.9 Å². The van der Waals surface area contributed by atoms with Crippen molar-refractivity contribution in [2.24, 2.45) is 10.2 Å². The fraction of sp³-hybridized carbons (Fsp3) is 0.0500. The second kappa shape index (κ2) is 11.0. The van der Waals surface area contributed by atoms with Crippen molar-refractivity contribution in [3.63, 3.8) is 0 Å². The highest BCUT2D eigenvalue weighted by Crippen LogP contribution is 2.37. The van der Waals surface area contributed by atoms with E-state index in [1.165, 1.54) is 13.0 Å². The molecule has 0 aliphatic heterocycles. The molecule has 214 valence electrons. The van der Waals surface area contributed by atoms with E-state index < -0.39 is 58.9 Å². The van der Waals surface area contributed by atoms with E-state index in [0.717, 1.165) is 35.0 Å². The van der Waals surface area contributed by atoms with Crippen molar-refractivity contribution >= 4 is 72.4 Å². The average Bonchev–Trinajstić information content (AvgIpc) is 3.17. The average molecular weight is 645 g/mol. The van der Waals surface area contributed by atoms with Crippen LogP contribution in [0.15, 0.2) is 56.4 Å². The maximum absolute atomic E-state index is 11.9. The Bertz CT molecular complexity index is 1950.